The van der Waals surface area contributed by atoms with Gasteiger partial charge in [-0.1, -0.05) is 0 Å². The zero-order chi connectivity index (χ0) is 10.8. The minimum atomic E-state index is 0.232. The number of halogens is 1. The summed E-state index contributed by atoms with van der Waals surface area (Å²) in [5, 5.41) is 0. The molecule has 2 saturated heterocycles. The average molecular weight is 322 g/mol. The summed E-state index contributed by atoms with van der Waals surface area (Å²) in [7, 11) is 0. The molecule has 0 N–H and O–H groups in total. The molecule has 0 amide bonds. The molecule has 2 fully saturated rings. The maximum Gasteiger partial charge on any atom is 0.146 e. The van der Waals surface area contributed by atoms with Gasteiger partial charge in [-0.3, -0.25) is 9.69 Å². The van der Waals surface area contributed by atoms with Gasteiger partial charge < -0.3 is 0 Å². The van der Waals surface area contributed by atoms with E-state index in [1.807, 2.05) is 0 Å². The maximum atomic E-state index is 11.5. The van der Waals surface area contributed by atoms with Gasteiger partial charge in [0.05, 0.1) is 6.04 Å². The molecular weight excluding hydrogens is 303 g/mol. The standard InChI is InChI=1S/C11H19IN2O/c1-9(15)11-3-2-6-14(11)10-4-7-13(12)8-5-10/h10-11H,2-8H2,1H3/t11-/m0/s1. The van der Waals surface area contributed by atoms with Crippen LogP contribution in [0.25, 0.3) is 0 Å². The molecule has 0 unspecified atom stereocenters. The van der Waals surface area contributed by atoms with Crippen molar-refractivity contribution in [1.82, 2.24) is 8.01 Å². The number of carbonyl (C=O) groups is 1. The molecule has 0 saturated carbocycles. The Labute approximate surface area is 106 Å². The number of rotatable bonds is 2. The van der Waals surface area contributed by atoms with E-state index in [1.54, 1.807) is 6.92 Å². The molecule has 2 aliphatic heterocycles. The molecule has 2 rings (SSSR count). The number of ketones is 1. The number of nitrogens with zero attached hydrogens (tertiary/aromatic N) is 2. The van der Waals surface area contributed by atoms with Gasteiger partial charge in [-0.15, -0.1) is 0 Å². The Kier molecular flexibility index (Phi) is 4.01. The van der Waals surface area contributed by atoms with E-state index in [1.165, 1.54) is 32.4 Å². The molecule has 0 aromatic heterocycles. The maximum absolute atomic E-state index is 11.5. The summed E-state index contributed by atoms with van der Waals surface area (Å²) in [5.74, 6) is 0.365. The van der Waals surface area contributed by atoms with Crippen molar-refractivity contribution in [3.05, 3.63) is 0 Å². The van der Waals surface area contributed by atoms with Crippen molar-refractivity contribution >= 4 is 28.6 Å². The Morgan fingerprint density at radius 2 is 1.87 bits per heavy atom. The fourth-order valence-corrected chi connectivity index (χ4v) is 3.39. The van der Waals surface area contributed by atoms with Gasteiger partial charge in [0.15, 0.2) is 0 Å². The zero-order valence-corrected chi connectivity index (χ0v) is 11.4. The van der Waals surface area contributed by atoms with Crippen LogP contribution < -0.4 is 0 Å². The molecule has 2 heterocycles. The Bertz CT molecular complexity index is 239. The van der Waals surface area contributed by atoms with Gasteiger partial charge in [0.25, 0.3) is 0 Å². The van der Waals surface area contributed by atoms with E-state index in [2.05, 4.69) is 30.9 Å². The molecule has 86 valence electrons. The Morgan fingerprint density at radius 3 is 2.47 bits per heavy atom. The first-order valence-electron chi connectivity index (χ1n) is 5.85. The normalized spacial score (nSPS) is 30.9. The Balaban J connectivity index is 1.94. The first-order chi connectivity index (χ1) is 7.18. The lowest BCUT2D eigenvalue weighted by Gasteiger charge is -2.36. The van der Waals surface area contributed by atoms with Crippen LogP contribution >= 0.6 is 22.9 Å². The predicted octanol–water partition coefficient (Wildman–Crippen LogP) is 1.85. The second kappa shape index (κ2) is 5.10. The second-order valence-electron chi connectivity index (χ2n) is 4.65. The van der Waals surface area contributed by atoms with Crippen LogP contribution in [0.1, 0.15) is 32.6 Å². The lowest BCUT2D eigenvalue weighted by atomic mass is 10.0. The fraction of sp³-hybridized carbons (Fsp3) is 0.909. The quantitative estimate of drug-likeness (QED) is 0.573. The van der Waals surface area contributed by atoms with Crippen molar-refractivity contribution in [2.24, 2.45) is 0 Å². The summed E-state index contributed by atoms with van der Waals surface area (Å²) >= 11 is 2.40. The fourth-order valence-electron chi connectivity index (χ4n) is 2.83. The zero-order valence-electron chi connectivity index (χ0n) is 9.29. The second-order valence-corrected chi connectivity index (χ2v) is 6.01. The summed E-state index contributed by atoms with van der Waals surface area (Å²) in [4.78, 5) is 14.0. The van der Waals surface area contributed by atoms with E-state index < -0.39 is 0 Å². The number of Topliss-reactive ketones (excluding diaryl/α,β-unsaturated/α-hetero) is 1. The summed E-state index contributed by atoms with van der Waals surface area (Å²) in [6, 6.07) is 0.892. The smallest absolute Gasteiger partial charge is 0.146 e. The lowest BCUT2D eigenvalue weighted by Crippen LogP contribution is -2.46. The van der Waals surface area contributed by atoms with Gasteiger partial charge in [-0.25, -0.2) is 3.11 Å². The van der Waals surface area contributed by atoms with Crippen LogP contribution in [0.15, 0.2) is 0 Å². The van der Waals surface area contributed by atoms with Crippen molar-refractivity contribution in [3.8, 4) is 0 Å². The summed E-state index contributed by atoms with van der Waals surface area (Å²) in [6.07, 6.45) is 4.74. The van der Waals surface area contributed by atoms with E-state index in [0.717, 1.165) is 13.0 Å². The molecule has 3 nitrogen and oxygen atoms in total. The van der Waals surface area contributed by atoms with Crippen LogP contribution in [0, 0.1) is 0 Å². The first-order valence-corrected chi connectivity index (χ1v) is 6.82. The van der Waals surface area contributed by atoms with Crippen LogP contribution in [0.4, 0.5) is 0 Å². The largest absolute Gasteiger partial charge is 0.298 e. The number of hydrogen-bond donors (Lipinski definition) is 0. The third-order valence-corrected chi connectivity index (χ3v) is 4.61. The van der Waals surface area contributed by atoms with Crippen molar-refractivity contribution in [3.63, 3.8) is 0 Å². The van der Waals surface area contributed by atoms with E-state index >= 15 is 0 Å². The van der Waals surface area contributed by atoms with E-state index in [-0.39, 0.29) is 6.04 Å². The van der Waals surface area contributed by atoms with E-state index in [0.29, 0.717) is 11.8 Å². The minimum absolute atomic E-state index is 0.232. The summed E-state index contributed by atoms with van der Waals surface area (Å²) in [6.45, 7) is 5.23. The van der Waals surface area contributed by atoms with Crippen LogP contribution in [0.2, 0.25) is 0 Å². The van der Waals surface area contributed by atoms with Gasteiger partial charge in [0, 0.05) is 42.0 Å². The van der Waals surface area contributed by atoms with E-state index in [9.17, 15) is 4.79 Å². The SMILES string of the molecule is CC(=O)[C@@H]1CCCN1C1CCN(I)CC1. The van der Waals surface area contributed by atoms with Gasteiger partial charge in [-0.05, 0) is 39.2 Å². The van der Waals surface area contributed by atoms with Crippen LogP contribution in [0.5, 0.6) is 0 Å². The molecule has 0 bridgehead atoms. The van der Waals surface area contributed by atoms with Gasteiger partial charge >= 0.3 is 0 Å². The van der Waals surface area contributed by atoms with Crippen LogP contribution in [0.3, 0.4) is 0 Å². The highest BCUT2D eigenvalue weighted by Crippen LogP contribution is 2.27. The van der Waals surface area contributed by atoms with E-state index in [4.69, 9.17) is 0 Å². The monoisotopic (exact) mass is 322 g/mol. The average Bonchev–Trinajstić information content (AvgIpc) is 2.67. The van der Waals surface area contributed by atoms with Crippen molar-refractivity contribution < 1.29 is 4.79 Å². The van der Waals surface area contributed by atoms with Crippen molar-refractivity contribution in [2.45, 2.75) is 44.7 Å². The van der Waals surface area contributed by atoms with Crippen LogP contribution in [-0.4, -0.2) is 45.5 Å². The number of hydrogen-bond acceptors (Lipinski definition) is 3. The van der Waals surface area contributed by atoms with Gasteiger partial charge in [0.2, 0.25) is 0 Å². The predicted molar refractivity (Wildman–Crippen MR) is 69.0 cm³/mol. The van der Waals surface area contributed by atoms with Crippen LogP contribution in [-0.2, 0) is 4.79 Å². The summed E-state index contributed by atoms with van der Waals surface area (Å²) < 4.78 is 2.35. The molecule has 4 heteroatoms. The molecule has 1 atom stereocenters. The van der Waals surface area contributed by atoms with Gasteiger partial charge in [-0.2, -0.15) is 0 Å². The highest BCUT2D eigenvalue weighted by Gasteiger charge is 2.34. The molecule has 0 aliphatic carbocycles. The number of piperidine rings is 1. The molecule has 2 aliphatic rings. The minimum Gasteiger partial charge on any atom is -0.298 e. The Morgan fingerprint density at radius 1 is 1.20 bits per heavy atom. The van der Waals surface area contributed by atoms with Crippen molar-refractivity contribution in [2.75, 3.05) is 19.6 Å². The third kappa shape index (κ3) is 2.71. The van der Waals surface area contributed by atoms with Crippen molar-refractivity contribution in [1.29, 1.82) is 0 Å². The molecule has 0 aromatic carbocycles. The molecule has 0 radical (unpaired) electrons. The highest BCUT2D eigenvalue weighted by atomic mass is 127. The number of likely N-dealkylation sites (tertiary alicyclic amines) is 1. The molecule has 15 heavy (non-hydrogen) atoms. The summed E-state index contributed by atoms with van der Waals surface area (Å²) in [5.41, 5.74) is 0. The molecule has 0 aromatic rings. The highest BCUT2D eigenvalue weighted by molar-refractivity contribution is 14.1. The number of carbonyl (C=O) groups excluding carboxylic acids is 1. The van der Waals surface area contributed by atoms with Gasteiger partial charge in [0.1, 0.15) is 5.78 Å². The lowest BCUT2D eigenvalue weighted by molar-refractivity contribution is -0.122. The first kappa shape index (κ1) is 11.8. The topological polar surface area (TPSA) is 23.6 Å². The Hall–Kier alpha value is 0.320. The third-order valence-electron chi connectivity index (χ3n) is 3.64. The molecule has 0 spiro atoms. The molecular formula is C11H19IN2O.